The van der Waals surface area contributed by atoms with Gasteiger partial charge < -0.3 is 9.47 Å². The molecule has 0 heterocycles. The van der Waals surface area contributed by atoms with Gasteiger partial charge in [-0.25, -0.2) is 0 Å². The summed E-state index contributed by atoms with van der Waals surface area (Å²) in [4.78, 5) is 0. The molecular formula is C28H22N2O2. The van der Waals surface area contributed by atoms with E-state index in [0.717, 1.165) is 27.5 Å². The highest BCUT2D eigenvalue weighted by molar-refractivity contribution is 5.88. The lowest BCUT2D eigenvalue weighted by Crippen LogP contribution is -2.37. The minimum atomic E-state index is -1.02. The highest BCUT2D eigenvalue weighted by atomic mass is 16.5. The van der Waals surface area contributed by atoms with Crippen LogP contribution in [-0.2, 0) is 5.41 Å². The van der Waals surface area contributed by atoms with Gasteiger partial charge in [0.25, 0.3) is 0 Å². The third-order valence-electron chi connectivity index (χ3n) is 6.00. The van der Waals surface area contributed by atoms with Crippen molar-refractivity contribution in [2.24, 2.45) is 5.92 Å². The maximum absolute atomic E-state index is 10.2. The van der Waals surface area contributed by atoms with Crippen LogP contribution in [0.1, 0.15) is 16.7 Å². The average Bonchev–Trinajstić information content (AvgIpc) is 2.87. The number of hydrogen-bond acceptors (Lipinski definition) is 4. The molecule has 0 N–H and O–H groups in total. The maximum Gasteiger partial charge on any atom is 0.151 e. The molecule has 4 heteroatoms. The fourth-order valence-corrected chi connectivity index (χ4v) is 4.47. The largest absolute Gasteiger partial charge is 0.497 e. The van der Waals surface area contributed by atoms with Gasteiger partial charge in [0.1, 0.15) is 11.5 Å². The second-order valence-corrected chi connectivity index (χ2v) is 7.48. The van der Waals surface area contributed by atoms with E-state index in [1.807, 2.05) is 91.0 Å². The van der Waals surface area contributed by atoms with E-state index in [4.69, 9.17) is 9.47 Å². The summed E-state index contributed by atoms with van der Waals surface area (Å²) in [6, 6.07) is 33.9. The van der Waals surface area contributed by atoms with E-state index in [2.05, 4.69) is 12.1 Å². The van der Waals surface area contributed by atoms with Crippen molar-refractivity contribution in [1.29, 1.82) is 10.5 Å². The lowest BCUT2D eigenvalue weighted by atomic mass is 9.61. The molecule has 0 atom stereocenters. The first-order chi connectivity index (χ1) is 15.7. The third kappa shape index (κ3) is 3.33. The number of nitriles is 2. The molecular weight excluding hydrogens is 396 g/mol. The topological polar surface area (TPSA) is 66.0 Å². The van der Waals surface area contributed by atoms with E-state index in [1.54, 1.807) is 14.2 Å². The van der Waals surface area contributed by atoms with Gasteiger partial charge in [-0.3, -0.25) is 0 Å². The van der Waals surface area contributed by atoms with Crippen LogP contribution >= 0.6 is 0 Å². The lowest BCUT2D eigenvalue weighted by molar-refractivity contribution is 0.413. The number of fused-ring (bicyclic) bond motifs is 1. The average molecular weight is 418 g/mol. The molecule has 0 aliphatic carbocycles. The fourth-order valence-electron chi connectivity index (χ4n) is 4.47. The molecule has 4 aromatic carbocycles. The summed E-state index contributed by atoms with van der Waals surface area (Å²) in [5, 5.41) is 22.4. The fraction of sp³-hybridized carbons (Fsp3) is 0.143. The summed E-state index contributed by atoms with van der Waals surface area (Å²) < 4.78 is 10.7. The molecule has 0 radical (unpaired) electrons. The van der Waals surface area contributed by atoms with E-state index >= 15 is 0 Å². The Morgan fingerprint density at radius 3 is 1.66 bits per heavy atom. The van der Waals surface area contributed by atoms with Gasteiger partial charge in [0.15, 0.2) is 5.92 Å². The van der Waals surface area contributed by atoms with Crippen LogP contribution < -0.4 is 9.47 Å². The van der Waals surface area contributed by atoms with Crippen molar-refractivity contribution in [3.05, 3.63) is 108 Å². The molecule has 0 aromatic heterocycles. The van der Waals surface area contributed by atoms with Crippen LogP contribution in [0.2, 0.25) is 0 Å². The number of nitrogens with zero attached hydrogens (tertiary/aromatic N) is 2. The predicted molar refractivity (Wildman–Crippen MR) is 125 cm³/mol. The molecule has 0 saturated carbocycles. The van der Waals surface area contributed by atoms with Gasteiger partial charge in [0.2, 0.25) is 0 Å². The summed E-state index contributed by atoms with van der Waals surface area (Å²) in [5.41, 5.74) is 1.56. The zero-order valence-corrected chi connectivity index (χ0v) is 17.9. The molecule has 0 spiro atoms. The van der Waals surface area contributed by atoms with Gasteiger partial charge in [-0.05, 0) is 51.7 Å². The molecule has 4 rings (SSSR count). The second kappa shape index (κ2) is 8.84. The molecule has 156 valence electrons. The van der Waals surface area contributed by atoms with Crippen molar-refractivity contribution in [2.75, 3.05) is 14.2 Å². The van der Waals surface area contributed by atoms with Crippen LogP contribution in [0.25, 0.3) is 10.8 Å². The summed E-state index contributed by atoms with van der Waals surface area (Å²) >= 11 is 0. The Morgan fingerprint density at radius 2 is 1.16 bits per heavy atom. The Bertz CT molecular complexity index is 1250. The zero-order valence-electron chi connectivity index (χ0n) is 17.9. The van der Waals surface area contributed by atoms with Crippen LogP contribution in [0.15, 0.2) is 91.0 Å². The van der Waals surface area contributed by atoms with Gasteiger partial charge in [-0.2, -0.15) is 10.5 Å². The standard InChI is InChI=1S/C28H22N2O2/c1-31-24-14-10-21(11-15-24)28(23(18-29)19-30,22-12-16-25(32-2)17-13-22)27-9-5-7-20-6-3-4-8-26(20)27/h3-17,23H,1-2H3. The minimum Gasteiger partial charge on any atom is -0.497 e. The quantitative estimate of drug-likeness (QED) is 0.368. The molecule has 0 aliphatic rings. The first-order valence-electron chi connectivity index (χ1n) is 10.3. The van der Waals surface area contributed by atoms with Crippen LogP contribution in [0.5, 0.6) is 11.5 Å². The van der Waals surface area contributed by atoms with Crippen molar-refractivity contribution in [1.82, 2.24) is 0 Å². The summed E-state index contributed by atoms with van der Waals surface area (Å²) in [7, 11) is 3.23. The molecule has 32 heavy (non-hydrogen) atoms. The maximum atomic E-state index is 10.2. The molecule has 4 nitrogen and oxygen atoms in total. The van der Waals surface area contributed by atoms with Gasteiger partial charge in [0.05, 0.1) is 31.8 Å². The Kier molecular flexibility index (Phi) is 5.79. The first-order valence-corrected chi connectivity index (χ1v) is 10.3. The highest BCUT2D eigenvalue weighted by Crippen LogP contribution is 2.48. The number of ether oxygens (including phenoxy) is 2. The summed E-state index contributed by atoms with van der Waals surface area (Å²) in [6.07, 6.45) is 0. The molecule has 0 fully saturated rings. The minimum absolute atomic E-state index is 0.709. The van der Waals surface area contributed by atoms with E-state index < -0.39 is 11.3 Å². The van der Waals surface area contributed by atoms with Crippen molar-refractivity contribution >= 4 is 10.8 Å². The number of hydrogen-bond donors (Lipinski definition) is 0. The molecule has 0 amide bonds. The van der Waals surface area contributed by atoms with Crippen LogP contribution in [0.3, 0.4) is 0 Å². The van der Waals surface area contributed by atoms with Crippen molar-refractivity contribution in [3.63, 3.8) is 0 Å². The van der Waals surface area contributed by atoms with Gasteiger partial charge >= 0.3 is 0 Å². The van der Waals surface area contributed by atoms with Gasteiger partial charge in [0, 0.05) is 0 Å². The Labute approximate surface area is 187 Å². The zero-order chi connectivity index (χ0) is 22.6. The smallest absolute Gasteiger partial charge is 0.151 e. The van der Waals surface area contributed by atoms with Crippen LogP contribution in [-0.4, -0.2) is 14.2 Å². The lowest BCUT2D eigenvalue weighted by Gasteiger charge is -2.37. The van der Waals surface area contributed by atoms with Gasteiger partial charge in [-0.15, -0.1) is 0 Å². The third-order valence-corrected chi connectivity index (χ3v) is 6.00. The molecule has 0 saturated heterocycles. The van der Waals surface area contributed by atoms with Crippen LogP contribution in [0.4, 0.5) is 0 Å². The Morgan fingerprint density at radius 1 is 0.656 bits per heavy atom. The van der Waals surface area contributed by atoms with E-state index in [-0.39, 0.29) is 0 Å². The van der Waals surface area contributed by atoms with Crippen molar-refractivity contribution in [3.8, 4) is 23.6 Å². The van der Waals surface area contributed by atoms with Crippen molar-refractivity contribution < 1.29 is 9.47 Å². The second-order valence-electron chi connectivity index (χ2n) is 7.48. The Hall–Kier alpha value is -4.28. The number of rotatable bonds is 6. The monoisotopic (exact) mass is 418 g/mol. The number of benzene rings is 4. The van der Waals surface area contributed by atoms with Crippen LogP contribution in [0, 0.1) is 28.6 Å². The molecule has 0 unspecified atom stereocenters. The van der Waals surface area contributed by atoms with Crippen molar-refractivity contribution in [2.45, 2.75) is 5.41 Å². The SMILES string of the molecule is COc1ccc(C(c2ccc(OC)cc2)(c2cccc3ccccc23)C(C#N)C#N)cc1. The van der Waals surface area contributed by atoms with E-state index in [1.165, 1.54) is 0 Å². The predicted octanol–water partition coefficient (Wildman–Crippen LogP) is 5.85. The Balaban J connectivity index is 2.16. The van der Waals surface area contributed by atoms with Gasteiger partial charge in [-0.1, -0.05) is 66.7 Å². The normalized spacial score (nSPS) is 11.0. The number of methoxy groups -OCH3 is 2. The van der Waals surface area contributed by atoms with E-state index in [0.29, 0.717) is 11.5 Å². The summed E-state index contributed by atoms with van der Waals surface area (Å²) in [6.45, 7) is 0. The van der Waals surface area contributed by atoms with E-state index in [9.17, 15) is 10.5 Å². The molecule has 0 bridgehead atoms. The summed E-state index contributed by atoms with van der Waals surface area (Å²) in [5.74, 6) is 0.441. The molecule has 0 aliphatic heterocycles. The molecule has 4 aromatic rings. The highest BCUT2D eigenvalue weighted by Gasteiger charge is 2.45. The first kappa shape index (κ1) is 21.0.